The lowest BCUT2D eigenvalue weighted by molar-refractivity contribution is -0.119. The Morgan fingerprint density at radius 2 is 2.00 bits per heavy atom. The molecular weight excluding hydrogens is 173 g/mol. The van der Waals surface area contributed by atoms with Gasteiger partial charge in [0.2, 0.25) is 0 Å². The van der Waals surface area contributed by atoms with E-state index in [-0.39, 0.29) is 24.8 Å². The van der Waals surface area contributed by atoms with Crippen LogP contribution in [0.15, 0.2) is 24.3 Å². The molecule has 0 unspecified atom stereocenters. The van der Waals surface area contributed by atoms with Crippen molar-refractivity contribution in [3.05, 3.63) is 30.1 Å². The van der Waals surface area contributed by atoms with Crippen molar-refractivity contribution >= 4 is 5.78 Å². The maximum absolute atomic E-state index is 12.4. The van der Waals surface area contributed by atoms with Crippen molar-refractivity contribution in [2.45, 2.75) is 0 Å². The molecule has 1 rings (SSSR count). The van der Waals surface area contributed by atoms with Gasteiger partial charge in [0.1, 0.15) is 18.2 Å². The Balaban J connectivity index is 2.46. The van der Waals surface area contributed by atoms with Gasteiger partial charge in [-0.25, -0.2) is 4.39 Å². The van der Waals surface area contributed by atoms with Crippen LogP contribution in [0.3, 0.4) is 0 Å². The molecule has 0 aliphatic heterocycles. The molecule has 0 amide bonds. The number of ether oxygens (including phenoxy) is 1. The molecule has 0 bridgehead atoms. The first-order valence-corrected chi connectivity index (χ1v) is 3.82. The second-order valence-corrected chi connectivity index (χ2v) is 2.49. The first-order valence-electron chi connectivity index (χ1n) is 3.82. The highest BCUT2D eigenvalue weighted by Crippen LogP contribution is 2.10. The van der Waals surface area contributed by atoms with Crippen LogP contribution in [-0.2, 0) is 4.79 Å². The number of hydrogen-bond acceptors (Lipinski definition) is 3. The molecule has 0 aliphatic carbocycles. The smallest absolute Gasteiger partial charge is 0.183 e. The predicted molar refractivity (Wildman–Crippen MR) is 46.0 cm³/mol. The molecule has 0 saturated carbocycles. The Labute approximate surface area is 75.3 Å². The Kier molecular flexibility index (Phi) is 3.40. The normalized spacial score (nSPS) is 9.69. The van der Waals surface area contributed by atoms with Crippen LogP contribution in [0.25, 0.3) is 0 Å². The van der Waals surface area contributed by atoms with E-state index in [4.69, 9.17) is 10.5 Å². The lowest BCUT2D eigenvalue weighted by Gasteiger charge is -2.03. The SMILES string of the molecule is NCC(=O)COc1ccc(F)cc1. The Bertz CT molecular complexity index is 284. The van der Waals surface area contributed by atoms with Crippen molar-refractivity contribution in [3.8, 4) is 5.75 Å². The Hall–Kier alpha value is -1.42. The number of carbonyl (C=O) groups excluding carboxylic acids is 1. The van der Waals surface area contributed by atoms with E-state index in [1.54, 1.807) is 0 Å². The summed E-state index contributed by atoms with van der Waals surface area (Å²) < 4.78 is 17.4. The monoisotopic (exact) mass is 183 g/mol. The predicted octanol–water partition coefficient (Wildman–Crippen LogP) is 0.732. The van der Waals surface area contributed by atoms with E-state index in [0.29, 0.717) is 5.75 Å². The fourth-order valence-corrected chi connectivity index (χ4v) is 0.754. The van der Waals surface area contributed by atoms with Crippen LogP contribution in [-0.4, -0.2) is 18.9 Å². The second-order valence-electron chi connectivity index (χ2n) is 2.49. The highest BCUT2D eigenvalue weighted by Gasteiger charge is 1.99. The van der Waals surface area contributed by atoms with Crippen molar-refractivity contribution < 1.29 is 13.9 Å². The molecule has 0 atom stereocenters. The largest absolute Gasteiger partial charge is 0.486 e. The zero-order valence-corrected chi connectivity index (χ0v) is 7.00. The summed E-state index contributed by atoms with van der Waals surface area (Å²) in [7, 11) is 0. The number of hydrogen-bond donors (Lipinski definition) is 1. The average Bonchev–Trinajstić information content (AvgIpc) is 2.16. The van der Waals surface area contributed by atoms with Gasteiger partial charge in [-0.3, -0.25) is 4.79 Å². The first kappa shape index (κ1) is 9.67. The summed E-state index contributed by atoms with van der Waals surface area (Å²) >= 11 is 0. The van der Waals surface area contributed by atoms with E-state index >= 15 is 0 Å². The molecule has 2 N–H and O–H groups in total. The summed E-state index contributed by atoms with van der Waals surface area (Å²) in [4.78, 5) is 10.7. The molecule has 0 aliphatic rings. The number of halogens is 1. The highest BCUT2D eigenvalue weighted by atomic mass is 19.1. The van der Waals surface area contributed by atoms with Gasteiger partial charge in [-0.15, -0.1) is 0 Å². The highest BCUT2D eigenvalue weighted by molar-refractivity contribution is 5.81. The molecule has 13 heavy (non-hydrogen) atoms. The number of benzene rings is 1. The van der Waals surface area contributed by atoms with Crippen LogP contribution >= 0.6 is 0 Å². The Morgan fingerprint density at radius 3 is 2.54 bits per heavy atom. The number of nitrogens with two attached hydrogens (primary N) is 1. The molecular formula is C9H10FNO2. The third-order valence-electron chi connectivity index (χ3n) is 1.44. The molecule has 0 aromatic heterocycles. The van der Waals surface area contributed by atoms with Gasteiger partial charge in [0.05, 0.1) is 6.54 Å². The van der Waals surface area contributed by atoms with Crippen LogP contribution in [0.2, 0.25) is 0 Å². The van der Waals surface area contributed by atoms with Gasteiger partial charge in [0.25, 0.3) is 0 Å². The minimum absolute atomic E-state index is 0.0405. The quantitative estimate of drug-likeness (QED) is 0.748. The third kappa shape index (κ3) is 3.21. The molecule has 1 aromatic carbocycles. The molecule has 0 saturated heterocycles. The van der Waals surface area contributed by atoms with Crippen LogP contribution in [0.1, 0.15) is 0 Å². The fourth-order valence-electron chi connectivity index (χ4n) is 0.754. The molecule has 1 aromatic rings. The van der Waals surface area contributed by atoms with Crippen molar-refractivity contribution in [1.29, 1.82) is 0 Å². The molecule has 70 valence electrons. The first-order chi connectivity index (χ1) is 6.22. The van der Waals surface area contributed by atoms with E-state index in [1.807, 2.05) is 0 Å². The number of Topliss-reactive ketones (excluding diaryl/α,β-unsaturated/α-hetero) is 1. The topological polar surface area (TPSA) is 52.3 Å². The van der Waals surface area contributed by atoms with Crippen molar-refractivity contribution in [2.24, 2.45) is 5.73 Å². The lowest BCUT2D eigenvalue weighted by atomic mass is 10.3. The van der Waals surface area contributed by atoms with E-state index in [9.17, 15) is 9.18 Å². The van der Waals surface area contributed by atoms with Gasteiger partial charge in [-0.05, 0) is 24.3 Å². The standard InChI is InChI=1S/C9H10FNO2/c10-7-1-3-9(4-2-7)13-6-8(12)5-11/h1-4H,5-6,11H2. The molecule has 0 spiro atoms. The lowest BCUT2D eigenvalue weighted by Crippen LogP contribution is -2.20. The zero-order chi connectivity index (χ0) is 9.68. The Morgan fingerprint density at radius 1 is 1.38 bits per heavy atom. The average molecular weight is 183 g/mol. The van der Waals surface area contributed by atoms with E-state index in [1.165, 1.54) is 24.3 Å². The van der Waals surface area contributed by atoms with Gasteiger partial charge in [0.15, 0.2) is 5.78 Å². The molecule has 0 radical (unpaired) electrons. The minimum atomic E-state index is -0.336. The van der Waals surface area contributed by atoms with Gasteiger partial charge in [0, 0.05) is 0 Å². The van der Waals surface area contributed by atoms with Crippen molar-refractivity contribution in [3.63, 3.8) is 0 Å². The summed E-state index contributed by atoms with van der Waals surface area (Å²) in [5.41, 5.74) is 5.07. The summed E-state index contributed by atoms with van der Waals surface area (Å²) in [6.07, 6.45) is 0. The van der Waals surface area contributed by atoms with Crippen LogP contribution in [0.5, 0.6) is 5.75 Å². The van der Waals surface area contributed by atoms with Crippen LogP contribution < -0.4 is 10.5 Å². The number of ketones is 1. The summed E-state index contributed by atoms with van der Waals surface area (Å²) in [6.45, 7) is -0.108. The summed E-state index contributed by atoms with van der Waals surface area (Å²) in [6, 6.07) is 5.45. The van der Waals surface area contributed by atoms with Crippen molar-refractivity contribution in [2.75, 3.05) is 13.2 Å². The van der Waals surface area contributed by atoms with Crippen molar-refractivity contribution in [1.82, 2.24) is 0 Å². The minimum Gasteiger partial charge on any atom is -0.486 e. The molecule has 3 nitrogen and oxygen atoms in total. The molecule has 4 heteroatoms. The molecule has 0 heterocycles. The number of carbonyl (C=O) groups is 1. The maximum Gasteiger partial charge on any atom is 0.183 e. The fraction of sp³-hybridized carbons (Fsp3) is 0.222. The maximum atomic E-state index is 12.4. The van der Waals surface area contributed by atoms with E-state index in [0.717, 1.165) is 0 Å². The van der Waals surface area contributed by atoms with Crippen LogP contribution in [0.4, 0.5) is 4.39 Å². The zero-order valence-electron chi connectivity index (χ0n) is 7.00. The van der Waals surface area contributed by atoms with E-state index in [2.05, 4.69) is 0 Å². The van der Waals surface area contributed by atoms with Crippen LogP contribution in [0, 0.1) is 5.82 Å². The third-order valence-corrected chi connectivity index (χ3v) is 1.44. The second kappa shape index (κ2) is 4.57. The molecule has 0 fully saturated rings. The van der Waals surface area contributed by atoms with Gasteiger partial charge < -0.3 is 10.5 Å². The van der Waals surface area contributed by atoms with E-state index < -0.39 is 0 Å². The van der Waals surface area contributed by atoms with Gasteiger partial charge >= 0.3 is 0 Å². The van der Waals surface area contributed by atoms with Gasteiger partial charge in [-0.1, -0.05) is 0 Å². The summed E-state index contributed by atoms with van der Waals surface area (Å²) in [5, 5.41) is 0. The van der Waals surface area contributed by atoms with Gasteiger partial charge in [-0.2, -0.15) is 0 Å². The summed E-state index contributed by atoms with van der Waals surface area (Å²) in [5.74, 6) is -0.0648. The number of rotatable bonds is 4.